The van der Waals surface area contributed by atoms with Crippen molar-refractivity contribution in [2.45, 2.75) is 25.3 Å². The standard InChI is InChI=1S/C26H29N3O5S.2ClH/c1-34-22-8-3-2-7-19(22)15-28-14-18-6-4-5-17(13-18)11-12-27-16-26(32,33)20-9-10-21(30)23-24(20)35-25(31)29-23;;/h2-10,13,27-28,30,32-33H,11-12,14-16H2,1H3,(H,29,31);2*1H. The van der Waals surface area contributed by atoms with Crippen LogP contribution in [0, 0.1) is 0 Å². The maximum absolute atomic E-state index is 11.7. The van der Waals surface area contributed by atoms with E-state index >= 15 is 0 Å². The Kier molecular flexibility index (Phi) is 11.4. The molecule has 0 bridgehead atoms. The molecule has 0 radical (unpaired) electrons. The Labute approximate surface area is 231 Å². The molecular weight excluding hydrogens is 537 g/mol. The van der Waals surface area contributed by atoms with Crippen LogP contribution in [0.15, 0.2) is 65.5 Å². The highest BCUT2D eigenvalue weighted by Gasteiger charge is 2.29. The van der Waals surface area contributed by atoms with E-state index in [0.717, 1.165) is 33.8 Å². The minimum absolute atomic E-state index is 0. The second-order valence-corrected chi connectivity index (χ2v) is 9.31. The van der Waals surface area contributed by atoms with Gasteiger partial charge in [-0.25, -0.2) is 0 Å². The lowest BCUT2D eigenvalue weighted by molar-refractivity contribution is -0.164. The molecule has 200 valence electrons. The van der Waals surface area contributed by atoms with Crippen molar-refractivity contribution in [1.29, 1.82) is 0 Å². The summed E-state index contributed by atoms with van der Waals surface area (Å²) in [5, 5.41) is 37.7. The lowest BCUT2D eigenvalue weighted by Crippen LogP contribution is -2.38. The number of thiazole rings is 1. The summed E-state index contributed by atoms with van der Waals surface area (Å²) < 4.78 is 5.72. The molecule has 11 heteroatoms. The van der Waals surface area contributed by atoms with Crippen LogP contribution in [0.4, 0.5) is 0 Å². The molecule has 0 atom stereocenters. The Balaban J connectivity index is 0.00000241. The Morgan fingerprint density at radius 1 is 0.973 bits per heavy atom. The van der Waals surface area contributed by atoms with Crippen molar-refractivity contribution in [3.8, 4) is 11.5 Å². The molecule has 0 aliphatic heterocycles. The van der Waals surface area contributed by atoms with Crippen molar-refractivity contribution in [3.63, 3.8) is 0 Å². The van der Waals surface area contributed by atoms with Gasteiger partial charge in [0.1, 0.15) is 17.0 Å². The first-order valence-corrected chi connectivity index (χ1v) is 12.1. The van der Waals surface area contributed by atoms with E-state index in [1.54, 1.807) is 7.11 Å². The number of nitrogens with one attached hydrogen (secondary N) is 3. The van der Waals surface area contributed by atoms with Crippen molar-refractivity contribution in [1.82, 2.24) is 15.6 Å². The van der Waals surface area contributed by atoms with Crippen LogP contribution in [0.1, 0.15) is 22.3 Å². The van der Waals surface area contributed by atoms with Gasteiger partial charge in [-0.2, -0.15) is 0 Å². The monoisotopic (exact) mass is 567 g/mol. The van der Waals surface area contributed by atoms with E-state index in [2.05, 4.69) is 27.8 Å². The molecular formula is C26H31Cl2N3O5S. The molecule has 0 fully saturated rings. The fourth-order valence-corrected chi connectivity index (χ4v) is 4.95. The van der Waals surface area contributed by atoms with E-state index in [1.807, 2.05) is 36.4 Å². The molecule has 1 heterocycles. The summed E-state index contributed by atoms with van der Waals surface area (Å²) in [7, 11) is 1.67. The first-order chi connectivity index (χ1) is 16.9. The zero-order valence-electron chi connectivity index (χ0n) is 20.2. The van der Waals surface area contributed by atoms with E-state index in [9.17, 15) is 20.1 Å². The van der Waals surface area contributed by atoms with Crippen LogP contribution < -0.4 is 20.2 Å². The van der Waals surface area contributed by atoms with Gasteiger partial charge in [0, 0.05) is 24.2 Å². The summed E-state index contributed by atoms with van der Waals surface area (Å²) >= 11 is 0.833. The average molecular weight is 569 g/mol. The fourth-order valence-electron chi connectivity index (χ4n) is 4.01. The van der Waals surface area contributed by atoms with Gasteiger partial charge in [0.25, 0.3) is 0 Å². The van der Waals surface area contributed by atoms with Crippen LogP contribution in [-0.2, 0) is 25.3 Å². The third-order valence-corrected chi connectivity index (χ3v) is 6.69. The number of benzene rings is 3. The minimum atomic E-state index is -2.19. The predicted molar refractivity (Wildman–Crippen MR) is 151 cm³/mol. The SMILES string of the molecule is COc1ccccc1CNCc1cccc(CCNCC(O)(O)c2ccc(O)c3[nH]c(=O)sc23)c1.Cl.Cl. The van der Waals surface area contributed by atoms with Crippen molar-refractivity contribution >= 4 is 46.4 Å². The number of phenolic OH excluding ortho intramolecular Hbond substituents is 1. The Hall–Kier alpha value is -2.63. The topological polar surface area (TPSA) is 127 Å². The van der Waals surface area contributed by atoms with Crippen LogP contribution in [-0.4, -0.2) is 40.5 Å². The number of aromatic hydroxyl groups is 1. The maximum atomic E-state index is 11.7. The number of rotatable bonds is 11. The highest BCUT2D eigenvalue weighted by Crippen LogP contribution is 2.32. The number of aliphatic hydroxyl groups is 2. The van der Waals surface area contributed by atoms with Crippen molar-refractivity contribution in [3.05, 3.63) is 92.6 Å². The summed E-state index contributed by atoms with van der Waals surface area (Å²) in [5.41, 5.74) is 3.77. The largest absolute Gasteiger partial charge is 0.506 e. The van der Waals surface area contributed by atoms with E-state index < -0.39 is 5.79 Å². The third kappa shape index (κ3) is 7.68. The number of hydrogen-bond acceptors (Lipinski definition) is 8. The van der Waals surface area contributed by atoms with Crippen LogP contribution in [0.3, 0.4) is 0 Å². The molecule has 3 aromatic carbocycles. The summed E-state index contributed by atoms with van der Waals surface area (Å²) in [5.74, 6) is -1.44. The molecule has 0 spiro atoms. The van der Waals surface area contributed by atoms with E-state index in [-0.39, 0.29) is 53.1 Å². The number of ether oxygens (including phenoxy) is 1. The van der Waals surface area contributed by atoms with Gasteiger partial charge in [0.05, 0.1) is 18.4 Å². The van der Waals surface area contributed by atoms with Gasteiger partial charge in [-0.1, -0.05) is 53.8 Å². The Morgan fingerprint density at radius 3 is 2.51 bits per heavy atom. The number of phenols is 1. The van der Waals surface area contributed by atoms with Crippen LogP contribution in [0.2, 0.25) is 0 Å². The van der Waals surface area contributed by atoms with Gasteiger partial charge in [-0.3, -0.25) is 4.79 Å². The van der Waals surface area contributed by atoms with Gasteiger partial charge in [-0.05, 0) is 42.3 Å². The first kappa shape index (κ1) is 30.6. The Morgan fingerprint density at radius 2 is 1.73 bits per heavy atom. The number of hydrogen-bond donors (Lipinski definition) is 6. The van der Waals surface area contributed by atoms with Crippen LogP contribution >= 0.6 is 36.2 Å². The second-order valence-electron chi connectivity index (χ2n) is 8.33. The molecule has 1 aromatic heterocycles. The zero-order valence-corrected chi connectivity index (χ0v) is 22.6. The number of halogens is 2. The van der Waals surface area contributed by atoms with Crippen molar-refractivity contribution in [2.75, 3.05) is 20.2 Å². The second kappa shape index (κ2) is 13.8. The number of aromatic nitrogens is 1. The normalized spacial score (nSPS) is 11.1. The summed E-state index contributed by atoms with van der Waals surface area (Å²) in [6, 6.07) is 18.9. The third-order valence-electron chi connectivity index (χ3n) is 5.78. The molecule has 0 saturated carbocycles. The minimum Gasteiger partial charge on any atom is -0.506 e. The van der Waals surface area contributed by atoms with Crippen molar-refractivity contribution < 1.29 is 20.1 Å². The number of methoxy groups -OCH3 is 1. The number of H-pyrrole nitrogens is 1. The molecule has 4 rings (SSSR count). The molecule has 4 aromatic rings. The van der Waals surface area contributed by atoms with Gasteiger partial charge >= 0.3 is 4.87 Å². The summed E-state index contributed by atoms with van der Waals surface area (Å²) in [6.07, 6.45) is 0.707. The van der Waals surface area contributed by atoms with E-state index in [4.69, 9.17) is 4.74 Å². The molecule has 37 heavy (non-hydrogen) atoms. The maximum Gasteiger partial charge on any atom is 0.305 e. The van der Waals surface area contributed by atoms with Gasteiger partial charge in [0.2, 0.25) is 5.79 Å². The molecule has 8 nitrogen and oxygen atoms in total. The highest BCUT2D eigenvalue weighted by molar-refractivity contribution is 7.16. The molecule has 0 amide bonds. The summed E-state index contributed by atoms with van der Waals surface area (Å²) in [6.45, 7) is 1.82. The lowest BCUT2D eigenvalue weighted by Gasteiger charge is -2.23. The summed E-state index contributed by atoms with van der Waals surface area (Å²) in [4.78, 5) is 13.8. The van der Waals surface area contributed by atoms with Crippen LogP contribution in [0.25, 0.3) is 10.2 Å². The lowest BCUT2D eigenvalue weighted by atomic mass is 10.0. The number of aromatic amines is 1. The molecule has 0 saturated heterocycles. The average Bonchev–Trinajstić information content (AvgIpc) is 3.24. The number of fused-ring (bicyclic) bond motifs is 1. The van der Waals surface area contributed by atoms with E-state index in [0.29, 0.717) is 30.8 Å². The quantitative estimate of drug-likeness (QED) is 0.121. The first-order valence-electron chi connectivity index (χ1n) is 11.3. The zero-order chi connectivity index (χ0) is 24.8. The fraction of sp³-hybridized carbons (Fsp3) is 0.269. The van der Waals surface area contributed by atoms with E-state index in [1.165, 1.54) is 12.1 Å². The molecule has 0 aliphatic rings. The Bertz CT molecular complexity index is 1360. The van der Waals surface area contributed by atoms with Gasteiger partial charge < -0.3 is 35.7 Å². The van der Waals surface area contributed by atoms with Gasteiger partial charge in [0.15, 0.2) is 0 Å². The van der Waals surface area contributed by atoms with Crippen LogP contribution in [0.5, 0.6) is 11.5 Å². The molecule has 6 N–H and O–H groups in total. The van der Waals surface area contributed by atoms with Crippen molar-refractivity contribution in [2.24, 2.45) is 0 Å². The smallest absolute Gasteiger partial charge is 0.305 e. The highest BCUT2D eigenvalue weighted by atomic mass is 35.5. The molecule has 0 unspecified atom stereocenters. The number of para-hydroxylation sites is 1. The molecule has 0 aliphatic carbocycles. The van der Waals surface area contributed by atoms with Gasteiger partial charge in [-0.15, -0.1) is 24.8 Å². The predicted octanol–water partition coefficient (Wildman–Crippen LogP) is 3.41.